The third-order valence-corrected chi connectivity index (χ3v) is 7.38. The lowest BCUT2D eigenvalue weighted by Gasteiger charge is -2.22. The minimum Gasteiger partial charge on any atom is -0.468 e. The van der Waals surface area contributed by atoms with Crippen molar-refractivity contribution in [3.05, 3.63) is 41.0 Å². The number of ether oxygens (including phenoxy) is 1. The molecule has 2 aliphatic carbocycles. The third kappa shape index (κ3) is 3.36. The van der Waals surface area contributed by atoms with Crippen LogP contribution >= 0.6 is 0 Å². The van der Waals surface area contributed by atoms with E-state index in [9.17, 15) is 13.2 Å². The van der Waals surface area contributed by atoms with Crippen LogP contribution in [0.15, 0.2) is 29.2 Å². The molecule has 1 saturated heterocycles. The molecule has 1 unspecified atom stereocenters. The Morgan fingerprint density at radius 3 is 2.52 bits per heavy atom. The summed E-state index contributed by atoms with van der Waals surface area (Å²) < 4.78 is 33.1. The smallest absolute Gasteiger partial charge is 0.324 e. The van der Waals surface area contributed by atoms with Crippen molar-refractivity contribution in [1.82, 2.24) is 4.31 Å². The molecule has 1 heterocycles. The topological polar surface area (TPSA) is 63.7 Å². The summed E-state index contributed by atoms with van der Waals surface area (Å²) in [6.45, 7) is 8.46. The Bertz CT molecular complexity index is 949. The Hall–Kier alpha value is -1.92. The van der Waals surface area contributed by atoms with Gasteiger partial charge in [-0.15, -0.1) is 0 Å². The maximum atomic E-state index is 13.5. The first-order valence-corrected chi connectivity index (χ1v) is 10.8. The van der Waals surface area contributed by atoms with Gasteiger partial charge >= 0.3 is 5.97 Å². The van der Waals surface area contributed by atoms with Crippen LogP contribution in [0.2, 0.25) is 0 Å². The molecule has 1 atom stereocenters. The maximum Gasteiger partial charge on any atom is 0.324 e. The lowest BCUT2D eigenvalue weighted by Crippen LogP contribution is -2.41. The molecule has 6 heteroatoms. The molecule has 3 aliphatic rings. The zero-order valence-electron chi connectivity index (χ0n) is 16.6. The highest BCUT2D eigenvalue weighted by Gasteiger charge is 2.41. The highest BCUT2D eigenvalue weighted by Crippen LogP contribution is 2.41. The lowest BCUT2D eigenvalue weighted by atomic mass is 10.0. The van der Waals surface area contributed by atoms with E-state index in [1.54, 1.807) is 6.07 Å². The zero-order valence-corrected chi connectivity index (χ0v) is 17.4. The minimum absolute atomic E-state index is 0.286. The number of hydrogen-bond donors (Lipinski definition) is 0. The number of esters is 1. The van der Waals surface area contributed by atoms with Gasteiger partial charge in [0.15, 0.2) is 0 Å². The largest absolute Gasteiger partial charge is 0.468 e. The first-order chi connectivity index (χ1) is 12.7. The first kappa shape index (κ1) is 19.8. The summed E-state index contributed by atoms with van der Waals surface area (Å²) in [5.74, 6) is -0.148. The SMILES string of the molecule is COC(=O)C1CCCN1S(=O)(=O)c1cc(C)c2cc(C(C)C)ccc(C)c1-2. The molecule has 0 aromatic carbocycles. The van der Waals surface area contributed by atoms with E-state index in [2.05, 4.69) is 26.0 Å². The van der Waals surface area contributed by atoms with E-state index >= 15 is 0 Å². The summed E-state index contributed by atoms with van der Waals surface area (Å²) in [7, 11) is -2.51. The predicted molar refractivity (Wildman–Crippen MR) is 106 cm³/mol. The van der Waals surface area contributed by atoms with Crippen LogP contribution in [0.5, 0.6) is 0 Å². The van der Waals surface area contributed by atoms with Gasteiger partial charge in [0.05, 0.1) is 12.0 Å². The number of sulfonamides is 1. The Kier molecular flexibility index (Phi) is 5.32. The van der Waals surface area contributed by atoms with Gasteiger partial charge in [0.1, 0.15) is 6.04 Å². The van der Waals surface area contributed by atoms with E-state index in [1.807, 2.05) is 19.9 Å². The van der Waals surface area contributed by atoms with Crippen molar-refractivity contribution in [2.45, 2.75) is 57.4 Å². The molecule has 0 saturated carbocycles. The van der Waals surface area contributed by atoms with E-state index in [0.717, 1.165) is 22.3 Å². The predicted octanol–water partition coefficient (Wildman–Crippen LogP) is 3.86. The van der Waals surface area contributed by atoms with Crippen LogP contribution in [0.4, 0.5) is 0 Å². The van der Waals surface area contributed by atoms with Crippen LogP contribution in [0.1, 0.15) is 49.3 Å². The molecule has 0 radical (unpaired) electrons. The standard InChI is InChI=1S/C21H27NO4S/c1-13(2)16-9-8-14(3)20-17(12-16)15(4)11-19(20)27(24,25)22-10-6-7-18(22)21(23)26-5/h8-9,11-13,18H,6-7,10H2,1-5H3. The fraction of sp³-hybridized carbons (Fsp3) is 0.476. The average molecular weight is 390 g/mol. The Morgan fingerprint density at radius 2 is 1.89 bits per heavy atom. The van der Waals surface area contributed by atoms with Crippen LogP contribution in [0.3, 0.4) is 0 Å². The fourth-order valence-corrected chi connectivity index (χ4v) is 5.88. The van der Waals surface area contributed by atoms with Gasteiger partial charge in [-0.2, -0.15) is 4.31 Å². The highest BCUT2D eigenvalue weighted by molar-refractivity contribution is 7.89. The van der Waals surface area contributed by atoms with Crippen molar-refractivity contribution < 1.29 is 17.9 Å². The monoisotopic (exact) mass is 389 g/mol. The number of hydrogen-bond acceptors (Lipinski definition) is 4. The number of methoxy groups -OCH3 is 1. The number of nitrogens with zero attached hydrogens (tertiary/aromatic N) is 1. The Labute approximate surface area is 161 Å². The van der Waals surface area contributed by atoms with Crippen molar-refractivity contribution in [1.29, 1.82) is 0 Å². The second-order valence-electron chi connectivity index (χ2n) is 7.59. The molecule has 0 N–H and O–H groups in total. The van der Waals surface area contributed by atoms with Gasteiger partial charge in [0.2, 0.25) is 10.0 Å². The summed E-state index contributed by atoms with van der Waals surface area (Å²) in [5.41, 5.74) is 4.71. The van der Waals surface area contributed by atoms with Crippen molar-refractivity contribution in [3.8, 4) is 11.1 Å². The van der Waals surface area contributed by atoms with Crippen molar-refractivity contribution in [2.75, 3.05) is 13.7 Å². The average Bonchev–Trinajstić information content (AvgIpc) is 3.19. The van der Waals surface area contributed by atoms with Crippen LogP contribution in [0.25, 0.3) is 11.1 Å². The zero-order chi connectivity index (χ0) is 19.9. The molecule has 1 fully saturated rings. The number of aryl methyl sites for hydroxylation is 2. The molecule has 0 aromatic rings. The van der Waals surface area contributed by atoms with Gasteiger partial charge in [-0.05, 0) is 60.9 Å². The second kappa shape index (κ2) is 7.24. The van der Waals surface area contributed by atoms with Gasteiger partial charge in [-0.3, -0.25) is 4.79 Å². The summed E-state index contributed by atoms with van der Waals surface area (Å²) >= 11 is 0. The normalized spacial score (nSPS) is 18.4. The second-order valence-corrected chi connectivity index (χ2v) is 9.45. The van der Waals surface area contributed by atoms with E-state index in [4.69, 9.17) is 4.74 Å². The van der Waals surface area contributed by atoms with Crippen LogP contribution in [0, 0.1) is 13.8 Å². The van der Waals surface area contributed by atoms with Crippen molar-refractivity contribution in [3.63, 3.8) is 0 Å². The molecular weight excluding hydrogens is 362 g/mol. The van der Waals surface area contributed by atoms with Crippen molar-refractivity contribution in [2.24, 2.45) is 0 Å². The van der Waals surface area contributed by atoms with E-state index in [-0.39, 0.29) is 4.90 Å². The van der Waals surface area contributed by atoms with Gasteiger partial charge in [-0.25, -0.2) is 8.42 Å². The maximum absolute atomic E-state index is 13.5. The molecule has 0 bridgehead atoms. The molecule has 0 amide bonds. The molecule has 3 rings (SSSR count). The highest BCUT2D eigenvalue weighted by atomic mass is 32.2. The summed E-state index contributed by atoms with van der Waals surface area (Å²) in [6, 6.07) is 7.13. The van der Waals surface area contributed by atoms with Gasteiger partial charge in [-0.1, -0.05) is 32.0 Å². The molecule has 5 nitrogen and oxygen atoms in total. The first-order valence-electron chi connectivity index (χ1n) is 9.32. The Morgan fingerprint density at radius 1 is 1.19 bits per heavy atom. The summed E-state index contributed by atoms with van der Waals surface area (Å²) in [4.78, 5) is 12.4. The molecule has 27 heavy (non-hydrogen) atoms. The molecule has 146 valence electrons. The number of fused-ring (bicyclic) bond motifs is 1. The number of rotatable bonds is 4. The molecule has 0 aromatic heterocycles. The molecule has 0 spiro atoms. The summed E-state index contributed by atoms with van der Waals surface area (Å²) in [6.07, 6.45) is 1.15. The number of carbonyl (C=O) groups is 1. The van der Waals surface area contributed by atoms with E-state index in [1.165, 1.54) is 17.0 Å². The third-order valence-electron chi connectivity index (χ3n) is 5.45. The fourth-order valence-electron chi connectivity index (χ4n) is 3.88. The minimum atomic E-state index is -3.80. The van der Waals surface area contributed by atoms with Crippen LogP contribution in [-0.4, -0.2) is 38.4 Å². The molecule has 1 aliphatic heterocycles. The Balaban J connectivity index is 2.17. The number of carbonyl (C=O) groups excluding carboxylic acids is 1. The quantitative estimate of drug-likeness (QED) is 0.745. The van der Waals surface area contributed by atoms with E-state index in [0.29, 0.717) is 25.3 Å². The molecular formula is C21H27NO4S. The van der Waals surface area contributed by atoms with Gasteiger partial charge in [0.25, 0.3) is 0 Å². The van der Waals surface area contributed by atoms with Crippen LogP contribution in [-0.2, 0) is 19.6 Å². The van der Waals surface area contributed by atoms with Gasteiger partial charge < -0.3 is 4.74 Å². The van der Waals surface area contributed by atoms with Crippen LogP contribution < -0.4 is 0 Å². The summed E-state index contributed by atoms with van der Waals surface area (Å²) in [5, 5.41) is 0. The lowest BCUT2D eigenvalue weighted by molar-refractivity contribution is -0.144. The van der Waals surface area contributed by atoms with Gasteiger partial charge in [0, 0.05) is 12.1 Å². The van der Waals surface area contributed by atoms with Crippen molar-refractivity contribution >= 4 is 16.0 Å². The van der Waals surface area contributed by atoms with E-state index < -0.39 is 22.0 Å².